The van der Waals surface area contributed by atoms with E-state index < -0.39 is 17.3 Å². The highest BCUT2D eigenvalue weighted by Gasteiger charge is 2.37. The lowest BCUT2D eigenvalue weighted by Crippen LogP contribution is -2.16. The van der Waals surface area contributed by atoms with Gasteiger partial charge in [-0.3, -0.25) is 0 Å². The van der Waals surface area contributed by atoms with E-state index in [2.05, 4.69) is 11.1 Å². The predicted molar refractivity (Wildman–Crippen MR) is 124 cm³/mol. The van der Waals surface area contributed by atoms with Crippen LogP contribution in [-0.2, 0) is 11.8 Å². The number of imidazole rings is 1. The average Bonchev–Trinajstić information content (AvgIpc) is 3.25. The van der Waals surface area contributed by atoms with E-state index in [0.717, 1.165) is 22.3 Å². The molecule has 0 unspecified atom stereocenters. The Morgan fingerprint density at radius 2 is 1.48 bits per heavy atom. The van der Waals surface area contributed by atoms with E-state index in [1.54, 1.807) is 18.2 Å². The van der Waals surface area contributed by atoms with Crippen molar-refractivity contribution in [2.45, 2.75) is 39.5 Å². The summed E-state index contributed by atoms with van der Waals surface area (Å²) in [6, 6.07) is 17.8. The Bertz CT molecular complexity index is 1300. The molecule has 1 N–H and O–H groups in total. The molecular weight excluding hydrogens is 425 g/mol. The zero-order valence-corrected chi connectivity index (χ0v) is 18.9. The van der Waals surface area contributed by atoms with Crippen molar-refractivity contribution in [3.8, 4) is 27.9 Å². The lowest BCUT2D eigenvalue weighted by molar-refractivity contribution is -0.137. The van der Waals surface area contributed by atoms with Crippen molar-refractivity contribution in [3.63, 3.8) is 0 Å². The highest BCUT2D eigenvalue weighted by atomic mass is 19.4. The van der Waals surface area contributed by atoms with Crippen molar-refractivity contribution < 1.29 is 18.3 Å². The van der Waals surface area contributed by atoms with Crippen LogP contribution in [0.3, 0.4) is 0 Å². The molecule has 0 aliphatic heterocycles. The van der Waals surface area contributed by atoms with Crippen LogP contribution in [-0.4, -0.2) is 14.7 Å². The molecule has 4 rings (SSSR count). The highest BCUT2D eigenvalue weighted by molar-refractivity contribution is 5.76. The summed E-state index contributed by atoms with van der Waals surface area (Å²) in [5, 5.41) is 10.2. The van der Waals surface area contributed by atoms with E-state index in [1.165, 1.54) is 43.1 Å². The van der Waals surface area contributed by atoms with Crippen molar-refractivity contribution >= 4 is 0 Å². The quantitative estimate of drug-likeness (QED) is 0.361. The first kappa shape index (κ1) is 22.8. The van der Waals surface area contributed by atoms with Gasteiger partial charge >= 0.3 is 6.18 Å². The van der Waals surface area contributed by atoms with Crippen molar-refractivity contribution in [3.05, 3.63) is 95.6 Å². The van der Waals surface area contributed by atoms with Crippen LogP contribution in [0, 0.1) is 13.8 Å². The van der Waals surface area contributed by atoms with Gasteiger partial charge in [0.25, 0.3) is 0 Å². The summed E-state index contributed by atoms with van der Waals surface area (Å²) in [5.41, 5.74) is 3.05. The topological polar surface area (TPSA) is 38.0 Å². The fraction of sp³-hybridized carbons (Fsp3) is 0.222. The van der Waals surface area contributed by atoms with Crippen molar-refractivity contribution in [1.82, 2.24) is 9.55 Å². The van der Waals surface area contributed by atoms with Gasteiger partial charge in [0.1, 0.15) is 5.60 Å². The third kappa shape index (κ3) is 4.57. The van der Waals surface area contributed by atoms with Crippen LogP contribution >= 0.6 is 0 Å². The van der Waals surface area contributed by atoms with Crippen molar-refractivity contribution in [2.75, 3.05) is 0 Å². The number of aromatic nitrogens is 2. The van der Waals surface area contributed by atoms with Crippen molar-refractivity contribution in [2.24, 2.45) is 0 Å². The first-order valence-electron chi connectivity index (χ1n) is 10.6. The van der Waals surface area contributed by atoms with Gasteiger partial charge in [-0.15, -0.1) is 0 Å². The van der Waals surface area contributed by atoms with Crippen LogP contribution in [0.15, 0.2) is 73.2 Å². The van der Waals surface area contributed by atoms with E-state index in [9.17, 15) is 18.3 Å². The van der Waals surface area contributed by atoms with Gasteiger partial charge in [-0.2, -0.15) is 13.2 Å². The van der Waals surface area contributed by atoms with E-state index >= 15 is 0 Å². The number of aliphatic hydroxyl groups is 1. The maximum absolute atomic E-state index is 14.3. The van der Waals surface area contributed by atoms with Crippen LogP contribution in [0.25, 0.3) is 27.9 Å². The summed E-state index contributed by atoms with van der Waals surface area (Å²) in [6.45, 7) is 7.11. The van der Waals surface area contributed by atoms with Crippen LogP contribution in [0.1, 0.15) is 36.2 Å². The number of hydrogen-bond acceptors (Lipinski definition) is 2. The molecule has 0 atom stereocenters. The lowest BCUT2D eigenvalue weighted by atomic mass is 9.94. The molecule has 3 aromatic carbocycles. The SMILES string of the molecule is Cc1ccc(C)c(-c2ccc(-c3cccc(-n4cnc(C(C)(C)O)c4)c3C(F)(F)F)cc2)c1. The van der Waals surface area contributed by atoms with E-state index in [4.69, 9.17) is 0 Å². The normalized spacial score (nSPS) is 12.2. The van der Waals surface area contributed by atoms with Gasteiger partial charge < -0.3 is 9.67 Å². The van der Waals surface area contributed by atoms with Gasteiger partial charge in [0.15, 0.2) is 0 Å². The number of halogens is 3. The molecule has 0 spiro atoms. The molecule has 0 saturated carbocycles. The summed E-state index contributed by atoms with van der Waals surface area (Å²) in [7, 11) is 0. The summed E-state index contributed by atoms with van der Waals surface area (Å²) < 4.78 is 44.1. The number of benzene rings is 3. The fourth-order valence-electron chi connectivity index (χ4n) is 3.94. The summed E-state index contributed by atoms with van der Waals surface area (Å²) >= 11 is 0. The third-order valence-electron chi connectivity index (χ3n) is 5.71. The number of nitrogens with zero attached hydrogens (tertiary/aromatic N) is 2. The molecule has 1 aromatic heterocycles. The average molecular weight is 451 g/mol. The molecular formula is C27H25F3N2O. The Morgan fingerprint density at radius 3 is 2.06 bits per heavy atom. The van der Waals surface area contributed by atoms with Gasteiger partial charge in [0.2, 0.25) is 0 Å². The third-order valence-corrected chi connectivity index (χ3v) is 5.71. The maximum Gasteiger partial charge on any atom is 0.419 e. The number of aryl methyl sites for hydroxylation is 2. The number of hydrogen-bond donors (Lipinski definition) is 1. The first-order chi connectivity index (χ1) is 15.4. The fourth-order valence-corrected chi connectivity index (χ4v) is 3.94. The molecule has 0 fully saturated rings. The van der Waals surface area contributed by atoms with Gasteiger partial charge in [-0.05, 0) is 61.6 Å². The molecule has 170 valence electrons. The molecule has 0 bridgehead atoms. The number of alkyl halides is 3. The molecule has 3 nitrogen and oxygen atoms in total. The molecule has 0 aliphatic carbocycles. The van der Waals surface area contributed by atoms with Gasteiger partial charge in [-0.25, -0.2) is 4.98 Å². The first-order valence-corrected chi connectivity index (χ1v) is 10.6. The predicted octanol–water partition coefficient (Wildman–Crippen LogP) is 7.07. The monoisotopic (exact) mass is 450 g/mol. The van der Waals surface area contributed by atoms with Gasteiger partial charge in [-0.1, -0.05) is 60.2 Å². The molecule has 0 aliphatic rings. The standard InChI is InChI=1S/C27H25F3N2O/c1-17-8-9-18(2)22(14-17)20-12-10-19(11-13-20)21-6-5-7-23(25(21)27(28,29)30)32-15-24(31-16-32)26(3,4)33/h5-16,33H,1-4H3. The Kier molecular flexibility index (Phi) is 5.66. The van der Waals surface area contributed by atoms with Gasteiger partial charge in [0, 0.05) is 6.20 Å². The molecule has 0 radical (unpaired) electrons. The van der Waals surface area contributed by atoms with Crippen LogP contribution in [0.2, 0.25) is 0 Å². The summed E-state index contributed by atoms with van der Waals surface area (Å²) in [4.78, 5) is 4.10. The Morgan fingerprint density at radius 1 is 0.848 bits per heavy atom. The minimum Gasteiger partial charge on any atom is -0.384 e. The zero-order valence-electron chi connectivity index (χ0n) is 18.9. The largest absolute Gasteiger partial charge is 0.419 e. The maximum atomic E-state index is 14.3. The number of rotatable bonds is 4. The van der Waals surface area contributed by atoms with Crippen LogP contribution in [0.5, 0.6) is 0 Å². The zero-order chi connectivity index (χ0) is 24.0. The van der Waals surface area contributed by atoms with Crippen LogP contribution < -0.4 is 0 Å². The smallest absolute Gasteiger partial charge is 0.384 e. The van der Waals surface area contributed by atoms with E-state index in [1.807, 2.05) is 38.1 Å². The summed E-state index contributed by atoms with van der Waals surface area (Å²) in [6.07, 6.45) is -1.86. The molecule has 0 saturated heterocycles. The molecule has 1 heterocycles. The molecule has 33 heavy (non-hydrogen) atoms. The minimum atomic E-state index is -4.59. The van der Waals surface area contributed by atoms with E-state index in [0.29, 0.717) is 11.3 Å². The highest BCUT2D eigenvalue weighted by Crippen LogP contribution is 2.41. The second-order valence-corrected chi connectivity index (χ2v) is 8.82. The van der Waals surface area contributed by atoms with E-state index in [-0.39, 0.29) is 11.3 Å². The molecule has 6 heteroatoms. The lowest BCUT2D eigenvalue weighted by Gasteiger charge is -2.19. The van der Waals surface area contributed by atoms with Gasteiger partial charge in [0.05, 0.1) is 23.3 Å². The molecule has 0 amide bonds. The minimum absolute atomic E-state index is 0.0402. The van der Waals surface area contributed by atoms with Crippen molar-refractivity contribution in [1.29, 1.82) is 0 Å². The second kappa shape index (κ2) is 8.19. The Labute approximate surface area is 191 Å². The Balaban J connectivity index is 1.82. The summed E-state index contributed by atoms with van der Waals surface area (Å²) in [5.74, 6) is 0. The Hall–Kier alpha value is -3.38. The van der Waals surface area contributed by atoms with Crippen LogP contribution in [0.4, 0.5) is 13.2 Å². The second-order valence-electron chi connectivity index (χ2n) is 8.82. The molecule has 4 aromatic rings.